The van der Waals surface area contributed by atoms with Crippen LogP contribution < -0.4 is 10.5 Å². The Morgan fingerprint density at radius 3 is 3.00 bits per heavy atom. The molecule has 1 atom stereocenters. The summed E-state index contributed by atoms with van der Waals surface area (Å²) in [4.78, 5) is 0. The van der Waals surface area contributed by atoms with Crippen LogP contribution >= 0.6 is 15.9 Å². The molecule has 0 amide bonds. The summed E-state index contributed by atoms with van der Waals surface area (Å²) in [5, 5.41) is 0. The van der Waals surface area contributed by atoms with Gasteiger partial charge in [0.25, 0.3) is 0 Å². The van der Waals surface area contributed by atoms with E-state index in [2.05, 4.69) is 22.0 Å². The minimum absolute atomic E-state index is 0.242. The van der Waals surface area contributed by atoms with Gasteiger partial charge in [-0.25, -0.2) is 0 Å². The minimum Gasteiger partial charge on any atom is -0.496 e. The predicted octanol–water partition coefficient (Wildman–Crippen LogP) is 2.12. The zero-order chi connectivity index (χ0) is 11.6. The first-order valence-corrected chi connectivity index (χ1v) is 6.11. The van der Waals surface area contributed by atoms with E-state index in [4.69, 9.17) is 15.2 Å². The van der Waals surface area contributed by atoms with Crippen LogP contribution in [0.4, 0.5) is 0 Å². The highest BCUT2D eigenvalue weighted by Gasteiger charge is 2.31. The summed E-state index contributed by atoms with van der Waals surface area (Å²) in [5.41, 5.74) is 7.16. The van der Waals surface area contributed by atoms with Crippen molar-refractivity contribution in [3.8, 4) is 5.75 Å². The standard InChI is InChI=1S/C12H16BrNO2/c1-15-11-3-2-10(13)6-9(11)7-12(14)4-5-16-8-12/h2-3,6H,4-5,7-8,14H2,1H3. The second kappa shape index (κ2) is 4.73. The van der Waals surface area contributed by atoms with E-state index in [1.165, 1.54) is 0 Å². The summed E-state index contributed by atoms with van der Waals surface area (Å²) in [7, 11) is 1.68. The monoisotopic (exact) mass is 285 g/mol. The van der Waals surface area contributed by atoms with Crippen molar-refractivity contribution in [2.75, 3.05) is 20.3 Å². The van der Waals surface area contributed by atoms with E-state index in [1.807, 2.05) is 12.1 Å². The van der Waals surface area contributed by atoms with Crippen LogP contribution in [0.15, 0.2) is 22.7 Å². The lowest BCUT2D eigenvalue weighted by molar-refractivity contribution is 0.178. The highest BCUT2D eigenvalue weighted by Crippen LogP contribution is 2.29. The maximum absolute atomic E-state index is 6.27. The molecular weight excluding hydrogens is 270 g/mol. The number of benzene rings is 1. The van der Waals surface area contributed by atoms with Crippen LogP contribution in [-0.2, 0) is 11.2 Å². The first-order chi connectivity index (χ1) is 7.63. The van der Waals surface area contributed by atoms with Crippen LogP contribution in [-0.4, -0.2) is 25.9 Å². The first kappa shape index (κ1) is 11.9. The summed E-state index contributed by atoms with van der Waals surface area (Å²) in [6.45, 7) is 1.38. The average Bonchev–Trinajstić information content (AvgIpc) is 2.65. The Kier molecular flexibility index (Phi) is 3.52. The van der Waals surface area contributed by atoms with Gasteiger partial charge in [-0.1, -0.05) is 15.9 Å². The Morgan fingerprint density at radius 1 is 1.56 bits per heavy atom. The molecule has 1 heterocycles. The fourth-order valence-electron chi connectivity index (χ4n) is 2.03. The van der Waals surface area contributed by atoms with Gasteiger partial charge >= 0.3 is 0 Å². The highest BCUT2D eigenvalue weighted by atomic mass is 79.9. The van der Waals surface area contributed by atoms with E-state index >= 15 is 0 Å². The molecular formula is C12H16BrNO2. The van der Waals surface area contributed by atoms with Crippen molar-refractivity contribution in [2.45, 2.75) is 18.4 Å². The molecule has 1 aromatic rings. The summed E-state index contributed by atoms with van der Waals surface area (Å²) in [6.07, 6.45) is 1.69. The van der Waals surface area contributed by atoms with Gasteiger partial charge in [-0.15, -0.1) is 0 Å². The van der Waals surface area contributed by atoms with Crippen LogP contribution in [0.3, 0.4) is 0 Å². The van der Waals surface area contributed by atoms with Crippen molar-refractivity contribution in [3.63, 3.8) is 0 Å². The summed E-state index contributed by atoms with van der Waals surface area (Å²) in [5.74, 6) is 0.889. The molecule has 0 aliphatic carbocycles. The molecule has 4 heteroatoms. The van der Waals surface area contributed by atoms with Crippen LogP contribution in [0.5, 0.6) is 5.75 Å². The van der Waals surface area contributed by atoms with Crippen LogP contribution in [0.25, 0.3) is 0 Å². The van der Waals surface area contributed by atoms with Gasteiger partial charge in [-0.3, -0.25) is 0 Å². The molecule has 1 unspecified atom stereocenters. The molecule has 0 spiro atoms. The lowest BCUT2D eigenvalue weighted by Crippen LogP contribution is -2.42. The van der Waals surface area contributed by atoms with E-state index in [1.54, 1.807) is 7.11 Å². The normalized spacial score (nSPS) is 24.7. The van der Waals surface area contributed by atoms with Gasteiger partial charge in [-0.05, 0) is 36.6 Å². The van der Waals surface area contributed by atoms with Gasteiger partial charge in [0, 0.05) is 16.6 Å². The molecule has 1 aliphatic rings. The Hall–Kier alpha value is -0.580. The van der Waals surface area contributed by atoms with E-state index in [9.17, 15) is 0 Å². The number of ether oxygens (including phenoxy) is 2. The lowest BCUT2D eigenvalue weighted by Gasteiger charge is -2.23. The van der Waals surface area contributed by atoms with Crippen LogP contribution in [0.2, 0.25) is 0 Å². The molecule has 3 nitrogen and oxygen atoms in total. The molecule has 1 saturated heterocycles. The largest absolute Gasteiger partial charge is 0.496 e. The zero-order valence-corrected chi connectivity index (χ0v) is 10.9. The number of nitrogens with two attached hydrogens (primary N) is 1. The number of hydrogen-bond donors (Lipinski definition) is 1. The third-order valence-electron chi connectivity index (χ3n) is 2.92. The Balaban J connectivity index is 2.22. The van der Waals surface area contributed by atoms with E-state index in [-0.39, 0.29) is 5.54 Å². The molecule has 0 bridgehead atoms. The van der Waals surface area contributed by atoms with Gasteiger partial charge in [0.1, 0.15) is 5.75 Å². The zero-order valence-electron chi connectivity index (χ0n) is 9.33. The van der Waals surface area contributed by atoms with Crippen LogP contribution in [0, 0.1) is 0 Å². The van der Waals surface area contributed by atoms with Gasteiger partial charge in [0.15, 0.2) is 0 Å². The summed E-state index contributed by atoms with van der Waals surface area (Å²) < 4.78 is 11.7. The Labute approximate surface area is 104 Å². The number of methoxy groups -OCH3 is 1. The molecule has 88 valence electrons. The molecule has 1 aliphatic heterocycles. The Bertz CT molecular complexity index is 375. The fourth-order valence-corrected chi connectivity index (χ4v) is 2.44. The van der Waals surface area contributed by atoms with E-state index < -0.39 is 0 Å². The van der Waals surface area contributed by atoms with Crippen molar-refractivity contribution >= 4 is 15.9 Å². The van der Waals surface area contributed by atoms with Gasteiger partial charge < -0.3 is 15.2 Å². The molecule has 0 aromatic heterocycles. The molecule has 0 saturated carbocycles. The SMILES string of the molecule is COc1ccc(Br)cc1CC1(N)CCOC1. The molecule has 1 aromatic carbocycles. The second-order valence-corrected chi connectivity index (χ2v) is 5.21. The Morgan fingerprint density at radius 2 is 2.38 bits per heavy atom. The topological polar surface area (TPSA) is 44.5 Å². The van der Waals surface area contributed by atoms with Gasteiger partial charge in [-0.2, -0.15) is 0 Å². The number of halogens is 1. The van der Waals surface area contributed by atoms with Crippen molar-refractivity contribution < 1.29 is 9.47 Å². The molecule has 2 N–H and O–H groups in total. The molecule has 1 fully saturated rings. The van der Waals surface area contributed by atoms with Gasteiger partial charge in [0.2, 0.25) is 0 Å². The van der Waals surface area contributed by atoms with Gasteiger partial charge in [0.05, 0.1) is 13.7 Å². The lowest BCUT2D eigenvalue weighted by atomic mass is 9.91. The third kappa shape index (κ3) is 2.56. The maximum Gasteiger partial charge on any atom is 0.122 e. The fraction of sp³-hybridized carbons (Fsp3) is 0.500. The number of rotatable bonds is 3. The smallest absolute Gasteiger partial charge is 0.122 e. The van der Waals surface area contributed by atoms with Crippen LogP contribution in [0.1, 0.15) is 12.0 Å². The molecule has 2 rings (SSSR count). The summed E-state index contributed by atoms with van der Waals surface area (Å²) in [6, 6.07) is 5.99. The molecule has 0 radical (unpaired) electrons. The minimum atomic E-state index is -0.242. The molecule has 16 heavy (non-hydrogen) atoms. The van der Waals surface area contributed by atoms with Crippen molar-refractivity contribution in [1.82, 2.24) is 0 Å². The van der Waals surface area contributed by atoms with Crippen molar-refractivity contribution in [3.05, 3.63) is 28.2 Å². The van der Waals surface area contributed by atoms with E-state index in [0.29, 0.717) is 6.61 Å². The van der Waals surface area contributed by atoms with Crippen molar-refractivity contribution in [2.24, 2.45) is 5.73 Å². The maximum atomic E-state index is 6.27. The average molecular weight is 286 g/mol. The van der Waals surface area contributed by atoms with E-state index in [0.717, 1.165) is 35.2 Å². The quantitative estimate of drug-likeness (QED) is 0.925. The predicted molar refractivity (Wildman–Crippen MR) is 66.8 cm³/mol. The highest BCUT2D eigenvalue weighted by molar-refractivity contribution is 9.10. The van der Waals surface area contributed by atoms with Crippen molar-refractivity contribution in [1.29, 1.82) is 0 Å². The summed E-state index contributed by atoms with van der Waals surface area (Å²) >= 11 is 3.46. The number of hydrogen-bond acceptors (Lipinski definition) is 3. The second-order valence-electron chi connectivity index (χ2n) is 4.30. The first-order valence-electron chi connectivity index (χ1n) is 5.32. The third-order valence-corrected chi connectivity index (χ3v) is 3.41.